The molecule has 6 nitrogen and oxygen atoms in total. The Hall–Kier alpha value is -1.37. The maximum Gasteiger partial charge on any atom is 0.183 e. The second-order valence-electron chi connectivity index (χ2n) is 6.62. The van der Waals surface area contributed by atoms with Crippen molar-refractivity contribution in [2.24, 2.45) is 5.41 Å². The largest absolute Gasteiger partial charge is 0.493 e. The van der Waals surface area contributed by atoms with Crippen molar-refractivity contribution < 1.29 is 14.6 Å². The maximum atomic E-state index is 10.0. The number of pyridine rings is 1. The topological polar surface area (TPSA) is 66.9 Å². The van der Waals surface area contributed by atoms with Gasteiger partial charge in [-0.1, -0.05) is 0 Å². The fourth-order valence-electron chi connectivity index (χ4n) is 4.09. The highest BCUT2D eigenvalue weighted by Gasteiger charge is 2.44. The van der Waals surface area contributed by atoms with Crippen molar-refractivity contribution in [3.05, 3.63) is 18.0 Å². The number of hydrogen-bond acceptors (Lipinski definition) is 6. The molecule has 0 aromatic carbocycles. The Labute approximate surface area is 137 Å². The molecule has 0 spiro atoms. The molecule has 128 valence electrons. The first-order valence-electron chi connectivity index (χ1n) is 8.35. The summed E-state index contributed by atoms with van der Waals surface area (Å²) >= 11 is 0. The number of piperidine rings is 2. The minimum atomic E-state index is -0.0252. The van der Waals surface area contributed by atoms with Crippen molar-refractivity contribution in [3.8, 4) is 11.5 Å². The molecular weight excluding hydrogens is 294 g/mol. The molecule has 0 radical (unpaired) electrons. The fraction of sp³-hybridized carbons (Fsp3) is 0.706. The molecule has 6 heteroatoms. The van der Waals surface area contributed by atoms with E-state index in [2.05, 4.69) is 15.2 Å². The average Bonchev–Trinajstić information content (AvgIpc) is 2.61. The van der Waals surface area contributed by atoms with Gasteiger partial charge in [-0.05, 0) is 25.8 Å². The summed E-state index contributed by atoms with van der Waals surface area (Å²) in [6.07, 6.45) is 5.03. The summed E-state index contributed by atoms with van der Waals surface area (Å²) in [5.41, 5.74) is 0.866. The lowest BCUT2D eigenvalue weighted by Crippen LogP contribution is -2.61. The summed E-state index contributed by atoms with van der Waals surface area (Å²) in [5, 5.41) is 13.6. The molecule has 2 aliphatic heterocycles. The van der Waals surface area contributed by atoms with Gasteiger partial charge in [0.15, 0.2) is 11.5 Å². The normalized spacial score (nSPS) is 28.2. The Morgan fingerprint density at radius 2 is 2.30 bits per heavy atom. The highest BCUT2D eigenvalue weighted by molar-refractivity contribution is 5.42. The number of fused-ring (bicyclic) bond motifs is 1. The Kier molecular flexibility index (Phi) is 5.04. The molecule has 2 N–H and O–H groups in total. The second kappa shape index (κ2) is 7.03. The molecule has 2 fully saturated rings. The average molecular weight is 321 g/mol. The van der Waals surface area contributed by atoms with E-state index in [0.29, 0.717) is 17.5 Å². The third-order valence-electron chi connectivity index (χ3n) is 5.31. The maximum absolute atomic E-state index is 10.0. The van der Waals surface area contributed by atoms with Gasteiger partial charge in [-0.2, -0.15) is 0 Å². The van der Waals surface area contributed by atoms with Crippen LogP contribution in [0.15, 0.2) is 12.3 Å². The highest BCUT2D eigenvalue weighted by atomic mass is 16.5. The quantitative estimate of drug-likeness (QED) is 0.844. The number of nitrogens with zero attached hydrogens (tertiary/aromatic N) is 2. The minimum absolute atomic E-state index is 0.0252. The Bertz CT molecular complexity index is 540. The van der Waals surface area contributed by atoms with Crippen LogP contribution in [0.25, 0.3) is 0 Å². The molecule has 3 heterocycles. The van der Waals surface area contributed by atoms with Crippen LogP contribution in [0.2, 0.25) is 0 Å². The number of likely N-dealkylation sites (tertiary alicyclic amines) is 1. The lowest BCUT2D eigenvalue weighted by atomic mass is 9.71. The number of methoxy groups -OCH3 is 2. The summed E-state index contributed by atoms with van der Waals surface area (Å²) in [4.78, 5) is 6.86. The number of aromatic nitrogens is 1. The summed E-state index contributed by atoms with van der Waals surface area (Å²) in [6.45, 7) is 3.92. The lowest BCUT2D eigenvalue weighted by molar-refractivity contribution is -0.0228. The molecule has 0 bridgehead atoms. The molecule has 2 saturated heterocycles. The molecule has 0 amide bonds. The fourth-order valence-corrected chi connectivity index (χ4v) is 4.09. The number of hydrogen-bond donors (Lipinski definition) is 2. The summed E-state index contributed by atoms with van der Waals surface area (Å²) in [7, 11) is 3.29. The first-order chi connectivity index (χ1) is 11.2. The van der Waals surface area contributed by atoms with E-state index >= 15 is 0 Å². The zero-order valence-electron chi connectivity index (χ0n) is 14.0. The van der Waals surface area contributed by atoms with Crippen LogP contribution in [0.3, 0.4) is 0 Å². The zero-order valence-corrected chi connectivity index (χ0v) is 14.0. The molecule has 1 aromatic rings. The smallest absolute Gasteiger partial charge is 0.183 e. The first kappa shape index (κ1) is 16.5. The molecular formula is C17H27N3O3. The summed E-state index contributed by atoms with van der Waals surface area (Å²) in [5.74, 6) is 1.42. The van der Waals surface area contributed by atoms with E-state index in [1.54, 1.807) is 20.4 Å². The van der Waals surface area contributed by atoms with E-state index in [1.165, 1.54) is 0 Å². The van der Waals surface area contributed by atoms with Crippen molar-refractivity contribution >= 4 is 0 Å². The first-order valence-corrected chi connectivity index (χ1v) is 8.35. The monoisotopic (exact) mass is 321 g/mol. The molecule has 0 aliphatic carbocycles. The van der Waals surface area contributed by atoms with Gasteiger partial charge < -0.3 is 19.9 Å². The van der Waals surface area contributed by atoms with Gasteiger partial charge in [0.25, 0.3) is 0 Å². The summed E-state index contributed by atoms with van der Waals surface area (Å²) in [6, 6.07) is 2.24. The second-order valence-corrected chi connectivity index (χ2v) is 6.62. The van der Waals surface area contributed by atoms with Gasteiger partial charge in [0.2, 0.25) is 0 Å². The van der Waals surface area contributed by atoms with Gasteiger partial charge >= 0.3 is 0 Å². The van der Waals surface area contributed by atoms with E-state index in [0.717, 1.165) is 51.1 Å². The zero-order chi connectivity index (χ0) is 16.3. The molecule has 1 aromatic heterocycles. The minimum Gasteiger partial charge on any atom is -0.493 e. The van der Waals surface area contributed by atoms with Gasteiger partial charge in [0.1, 0.15) is 5.69 Å². The van der Waals surface area contributed by atoms with E-state index in [-0.39, 0.29) is 12.0 Å². The van der Waals surface area contributed by atoms with E-state index in [1.807, 2.05) is 6.07 Å². The number of rotatable bonds is 5. The van der Waals surface area contributed by atoms with Gasteiger partial charge in [0, 0.05) is 43.4 Å². The van der Waals surface area contributed by atoms with Crippen molar-refractivity contribution in [2.45, 2.75) is 31.8 Å². The van der Waals surface area contributed by atoms with Crippen LogP contribution < -0.4 is 14.8 Å². The van der Waals surface area contributed by atoms with Crippen LogP contribution in [-0.4, -0.2) is 61.5 Å². The molecule has 23 heavy (non-hydrogen) atoms. The Balaban J connectivity index is 1.76. The lowest BCUT2D eigenvalue weighted by Gasteiger charge is -2.50. The van der Waals surface area contributed by atoms with Crippen molar-refractivity contribution in [1.29, 1.82) is 0 Å². The van der Waals surface area contributed by atoms with Crippen LogP contribution in [0.1, 0.15) is 25.0 Å². The predicted molar refractivity (Wildman–Crippen MR) is 87.8 cm³/mol. The van der Waals surface area contributed by atoms with Crippen LogP contribution in [0.4, 0.5) is 0 Å². The molecule has 0 saturated carbocycles. The number of ether oxygens (including phenoxy) is 2. The predicted octanol–water partition coefficient (Wildman–Crippen LogP) is 1.04. The van der Waals surface area contributed by atoms with E-state index in [9.17, 15) is 5.11 Å². The van der Waals surface area contributed by atoms with Crippen LogP contribution in [0.5, 0.6) is 11.5 Å². The molecule has 0 unspecified atom stereocenters. The SMILES string of the molecule is COc1ccnc(CN2CC[C@H]3NCCC[C@]3(CO)C2)c1OC. The van der Waals surface area contributed by atoms with Crippen molar-refractivity contribution in [1.82, 2.24) is 15.2 Å². The van der Waals surface area contributed by atoms with Gasteiger partial charge in [-0.15, -0.1) is 0 Å². The van der Waals surface area contributed by atoms with Crippen LogP contribution in [0, 0.1) is 5.41 Å². The Morgan fingerprint density at radius 1 is 1.43 bits per heavy atom. The van der Waals surface area contributed by atoms with Crippen molar-refractivity contribution in [3.63, 3.8) is 0 Å². The number of nitrogens with one attached hydrogen (secondary N) is 1. The van der Waals surface area contributed by atoms with E-state index < -0.39 is 0 Å². The van der Waals surface area contributed by atoms with Crippen LogP contribution in [-0.2, 0) is 6.54 Å². The number of aliphatic hydroxyl groups is 1. The standard InChI is InChI=1S/C17H27N3O3/c1-22-14-4-8-18-13(16(14)23-2)10-20-9-5-15-17(11-20,12-21)6-3-7-19-15/h4,8,15,19,21H,3,5-7,9-12H2,1-2H3/t15-,17-/m1/s1. The third kappa shape index (κ3) is 3.16. The molecule has 2 atom stereocenters. The Morgan fingerprint density at radius 3 is 3.04 bits per heavy atom. The highest BCUT2D eigenvalue weighted by Crippen LogP contribution is 2.38. The van der Waals surface area contributed by atoms with E-state index in [4.69, 9.17) is 9.47 Å². The molecule has 3 rings (SSSR count). The van der Waals surface area contributed by atoms with Gasteiger partial charge in [0.05, 0.1) is 20.8 Å². The number of aliphatic hydroxyl groups excluding tert-OH is 1. The van der Waals surface area contributed by atoms with Gasteiger partial charge in [-0.3, -0.25) is 9.88 Å². The third-order valence-corrected chi connectivity index (χ3v) is 5.31. The molecule has 2 aliphatic rings. The van der Waals surface area contributed by atoms with Crippen LogP contribution >= 0.6 is 0 Å². The summed E-state index contributed by atoms with van der Waals surface area (Å²) < 4.78 is 10.9. The van der Waals surface area contributed by atoms with Crippen molar-refractivity contribution in [2.75, 3.05) is 40.5 Å². The van der Waals surface area contributed by atoms with Gasteiger partial charge in [-0.25, -0.2) is 0 Å².